The fourth-order valence-corrected chi connectivity index (χ4v) is 3.41. The molecule has 3 nitrogen and oxygen atoms in total. The van der Waals surface area contributed by atoms with Gasteiger partial charge in [-0.3, -0.25) is 4.68 Å². The second kappa shape index (κ2) is 6.75. The van der Waals surface area contributed by atoms with Crippen LogP contribution in [0.15, 0.2) is 41.0 Å². The molecular weight excluding hydrogens is 326 g/mol. The molecule has 1 aliphatic rings. The maximum atomic E-state index is 4.72. The van der Waals surface area contributed by atoms with Gasteiger partial charge >= 0.3 is 0 Å². The van der Waals surface area contributed by atoms with Gasteiger partial charge in [0.05, 0.1) is 11.7 Å². The van der Waals surface area contributed by atoms with Gasteiger partial charge in [0.1, 0.15) is 0 Å². The molecule has 1 heterocycles. The van der Waals surface area contributed by atoms with Crippen molar-refractivity contribution >= 4 is 15.9 Å². The van der Waals surface area contributed by atoms with Crippen LogP contribution in [0.5, 0.6) is 0 Å². The van der Waals surface area contributed by atoms with Gasteiger partial charge in [-0.25, -0.2) is 0 Å². The fraction of sp³-hybridized carbons (Fsp3) is 0.471. The van der Waals surface area contributed by atoms with Crippen LogP contribution in [0.4, 0.5) is 0 Å². The van der Waals surface area contributed by atoms with E-state index in [2.05, 4.69) is 69.4 Å². The second-order valence-corrected chi connectivity index (χ2v) is 6.80. The molecule has 21 heavy (non-hydrogen) atoms. The van der Waals surface area contributed by atoms with Crippen molar-refractivity contribution in [3.63, 3.8) is 0 Å². The maximum Gasteiger partial charge on any atom is 0.0762 e. The van der Waals surface area contributed by atoms with Crippen LogP contribution in [0.3, 0.4) is 0 Å². The van der Waals surface area contributed by atoms with Gasteiger partial charge in [0.25, 0.3) is 0 Å². The Morgan fingerprint density at radius 2 is 2.14 bits per heavy atom. The molecule has 0 saturated heterocycles. The van der Waals surface area contributed by atoms with Crippen LogP contribution in [0, 0.1) is 0 Å². The van der Waals surface area contributed by atoms with Gasteiger partial charge in [-0.1, -0.05) is 40.9 Å². The standard InChI is InChI=1S/C17H22BrN3/c1-13(14-5-4-6-15(18)11-14)19-12-16-9-10-21(20-16)17-7-2-3-8-17/h4-6,9-11,13,17,19H,2-3,7-8,12H2,1H3. The van der Waals surface area contributed by atoms with Crippen LogP contribution in [0.1, 0.15) is 55.9 Å². The predicted octanol–water partition coefficient (Wildman–Crippen LogP) is 4.61. The van der Waals surface area contributed by atoms with Crippen molar-refractivity contribution in [2.24, 2.45) is 0 Å². The third kappa shape index (κ3) is 3.74. The Labute approximate surface area is 134 Å². The highest BCUT2D eigenvalue weighted by Crippen LogP contribution is 2.28. The van der Waals surface area contributed by atoms with E-state index in [-0.39, 0.29) is 0 Å². The van der Waals surface area contributed by atoms with Gasteiger partial charge in [0.15, 0.2) is 0 Å². The van der Waals surface area contributed by atoms with Gasteiger partial charge in [-0.2, -0.15) is 5.10 Å². The number of nitrogens with zero attached hydrogens (tertiary/aromatic N) is 2. The monoisotopic (exact) mass is 347 g/mol. The Kier molecular flexibility index (Phi) is 4.76. The van der Waals surface area contributed by atoms with Crippen molar-refractivity contribution in [1.29, 1.82) is 0 Å². The minimum Gasteiger partial charge on any atom is -0.304 e. The molecule has 4 heteroatoms. The zero-order valence-electron chi connectivity index (χ0n) is 12.4. The lowest BCUT2D eigenvalue weighted by atomic mass is 10.1. The Morgan fingerprint density at radius 1 is 1.33 bits per heavy atom. The van der Waals surface area contributed by atoms with E-state index in [4.69, 9.17) is 5.10 Å². The lowest BCUT2D eigenvalue weighted by molar-refractivity contribution is 0.458. The van der Waals surface area contributed by atoms with Crippen molar-refractivity contribution < 1.29 is 0 Å². The third-order valence-corrected chi connectivity index (χ3v) is 4.79. The van der Waals surface area contributed by atoms with Crippen molar-refractivity contribution in [3.05, 3.63) is 52.3 Å². The number of benzene rings is 1. The van der Waals surface area contributed by atoms with E-state index >= 15 is 0 Å². The van der Waals surface area contributed by atoms with Crippen LogP contribution in [0.2, 0.25) is 0 Å². The smallest absolute Gasteiger partial charge is 0.0762 e. The SMILES string of the molecule is CC(NCc1ccn(C2CCCC2)n1)c1cccc(Br)c1. The molecule has 1 unspecified atom stereocenters. The molecule has 0 bridgehead atoms. The summed E-state index contributed by atoms with van der Waals surface area (Å²) in [5, 5.41) is 8.27. The summed E-state index contributed by atoms with van der Waals surface area (Å²) in [5.41, 5.74) is 2.42. The first-order chi connectivity index (χ1) is 10.2. The topological polar surface area (TPSA) is 29.9 Å². The highest BCUT2D eigenvalue weighted by molar-refractivity contribution is 9.10. The van der Waals surface area contributed by atoms with E-state index in [1.807, 2.05) is 0 Å². The Bertz CT molecular complexity index is 587. The molecule has 0 spiro atoms. The average molecular weight is 348 g/mol. The summed E-state index contributed by atoms with van der Waals surface area (Å²) in [4.78, 5) is 0. The molecule has 1 fully saturated rings. The molecule has 1 aromatic carbocycles. The summed E-state index contributed by atoms with van der Waals surface area (Å²) < 4.78 is 3.28. The lowest BCUT2D eigenvalue weighted by Crippen LogP contribution is -2.18. The van der Waals surface area contributed by atoms with Crippen molar-refractivity contribution in [1.82, 2.24) is 15.1 Å². The van der Waals surface area contributed by atoms with Crippen LogP contribution < -0.4 is 5.32 Å². The summed E-state index contributed by atoms with van der Waals surface area (Å²) in [6.07, 6.45) is 7.39. The van der Waals surface area contributed by atoms with Gasteiger partial charge < -0.3 is 5.32 Å². The minimum atomic E-state index is 0.319. The Morgan fingerprint density at radius 3 is 2.90 bits per heavy atom. The molecule has 0 aliphatic heterocycles. The second-order valence-electron chi connectivity index (χ2n) is 5.88. The minimum absolute atomic E-state index is 0.319. The van der Waals surface area contributed by atoms with E-state index in [1.54, 1.807) is 0 Å². The lowest BCUT2D eigenvalue weighted by Gasteiger charge is -2.14. The third-order valence-electron chi connectivity index (χ3n) is 4.30. The molecule has 1 aromatic heterocycles. The summed E-state index contributed by atoms with van der Waals surface area (Å²) in [6.45, 7) is 3.00. The first-order valence-corrected chi connectivity index (χ1v) is 8.54. The average Bonchev–Trinajstić information content (AvgIpc) is 3.15. The summed E-state index contributed by atoms with van der Waals surface area (Å²) in [6, 6.07) is 11.5. The molecule has 112 valence electrons. The molecule has 0 amide bonds. The first-order valence-electron chi connectivity index (χ1n) is 7.75. The Hall–Kier alpha value is -1.13. The first kappa shape index (κ1) is 14.8. The number of halogens is 1. The molecule has 1 saturated carbocycles. The van der Waals surface area contributed by atoms with E-state index in [0.29, 0.717) is 12.1 Å². The molecular formula is C17H22BrN3. The zero-order valence-corrected chi connectivity index (χ0v) is 14.0. The van der Waals surface area contributed by atoms with Gasteiger partial charge in [-0.05, 0) is 43.5 Å². The molecule has 2 aromatic rings. The molecule has 1 atom stereocenters. The van der Waals surface area contributed by atoms with Crippen LogP contribution >= 0.6 is 15.9 Å². The summed E-state index contributed by atoms with van der Waals surface area (Å²) in [7, 11) is 0. The van der Waals surface area contributed by atoms with Gasteiger partial charge in [0, 0.05) is 23.3 Å². The number of nitrogens with one attached hydrogen (secondary N) is 1. The fourth-order valence-electron chi connectivity index (χ4n) is 3.00. The molecule has 3 rings (SSSR count). The van der Waals surface area contributed by atoms with Crippen LogP contribution in [-0.4, -0.2) is 9.78 Å². The maximum absolute atomic E-state index is 4.72. The molecule has 1 N–H and O–H groups in total. The van der Waals surface area contributed by atoms with Crippen LogP contribution in [-0.2, 0) is 6.54 Å². The van der Waals surface area contributed by atoms with Crippen molar-refractivity contribution in [2.75, 3.05) is 0 Å². The number of hydrogen-bond donors (Lipinski definition) is 1. The van der Waals surface area contributed by atoms with Crippen LogP contribution in [0.25, 0.3) is 0 Å². The Balaban J connectivity index is 1.57. The van der Waals surface area contributed by atoms with Gasteiger partial charge in [0.2, 0.25) is 0 Å². The van der Waals surface area contributed by atoms with Gasteiger partial charge in [-0.15, -0.1) is 0 Å². The number of aromatic nitrogens is 2. The largest absolute Gasteiger partial charge is 0.304 e. The summed E-state index contributed by atoms with van der Waals surface area (Å²) in [5.74, 6) is 0. The molecule has 1 aliphatic carbocycles. The normalized spacial score (nSPS) is 17.2. The number of hydrogen-bond acceptors (Lipinski definition) is 2. The van der Waals surface area contributed by atoms with E-state index < -0.39 is 0 Å². The number of rotatable bonds is 5. The van der Waals surface area contributed by atoms with Crippen molar-refractivity contribution in [3.8, 4) is 0 Å². The summed E-state index contributed by atoms with van der Waals surface area (Å²) >= 11 is 3.52. The quantitative estimate of drug-likeness (QED) is 0.855. The zero-order chi connectivity index (χ0) is 14.7. The molecule has 0 radical (unpaired) electrons. The van der Waals surface area contributed by atoms with Crippen molar-refractivity contribution in [2.45, 2.75) is 51.2 Å². The predicted molar refractivity (Wildman–Crippen MR) is 89.1 cm³/mol. The highest BCUT2D eigenvalue weighted by atomic mass is 79.9. The highest BCUT2D eigenvalue weighted by Gasteiger charge is 2.17. The van der Waals surface area contributed by atoms with E-state index in [9.17, 15) is 0 Å². The van der Waals surface area contributed by atoms with E-state index in [0.717, 1.165) is 16.7 Å². The van der Waals surface area contributed by atoms with E-state index in [1.165, 1.54) is 31.2 Å².